The maximum atomic E-state index is 13.3. The first kappa shape index (κ1) is 22.1. The molecule has 1 unspecified atom stereocenters. The van der Waals surface area contributed by atoms with Crippen molar-refractivity contribution in [2.24, 2.45) is 5.92 Å². The van der Waals surface area contributed by atoms with Crippen LogP contribution in [-0.2, 0) is 28.6 Å². The first-order chi connectivity index (χ1) is 16.3. The van der Waals surface area contributed by atoms with Crippen molar-refractivity contribution in [3.63, 3.8) is 0 Å². The van der Waals surface area contributed by atoms with Gasteiger partial charge in [0.25, 0.3) is 0 Å². The molecule has 0 saturated carbocycles. The molecule has 0 spiro atoms. The Morgan fingerprint density at radius 2 is 1.79 bits per heavy atom. The maximum absolute atomic E-state index is 13.3. The van der Waals surface area contributed by atoms with Gasteiger partial charge in [-0.2, -0.15) is 0 Å². The van der Waals surface area contributed by atoms with Gasteiger partial charge >= 0.3 is 17.9 Å². The number of esters is 3. The molecule has 5 rings (SSSR count). The summed E-state index contributed by atoms with van der Waals surface area (Å²) in [7, 11) is 0. The average Bonchev–Trinajstić information content (AvgIpc) is 3.29. The molecule has 174 valence electrons. The molecular formula is C28H26O6. The zero-order valence-corrected chi connectivity index (χ0v) is 19.2. The summed E-state index contributed by atoms with van der Waals surface area (Å²) in [5, 5.41) is 2.14. The Hall–Kier alpha value is -3.67. The van der Waals surface area contributed by atoms with E-state index in [0.29, 0.717) is 12.0 Å². The zero-order chi connectivity index (χ0) is 24.0. The lowest BCUT2D eigenvalue weighted by Gasteiger charge is -2.27. The standard InChI is InChI=1S/C28H26O6/c1-15-10-22-13-21(28(31)32-22)14-24-25(17(3)27(30)34-24)23(11-15)33-26(29)16(2)19-9-8-18-6-4-5-7-20(18)12-19/h4-9,11-13,16,22-25H,3,10,14H2,1-2H3/b15-11+/t16-,22+,23+,24?,25-/m0/s1. The Kier molecular flexibility index (Phi) is 5.60. The minimum Gasteiger partial charge on any atom is -0.458 e. The predicted molar refractivity (Wildman–Crippen MR) is 126 cm³/mol. The quantitative estimate of drug-likeness (QED) is 0.291. The molecule has 6 heteroatoms. The lowest BCUT2D eigenvalue weighted by Crippen LogP contribution is -2.34. The molecule has 1 saturated heterocycles. The molecule has 5 atom stereocenters. The van der Waals surface area contributed by atoms with Gasteiger partial charge in [-0.1, -0.05) is 54.6 Å². The number of benzene rings is 2. The fourth-order valence-corrected chi connectivity index (χ4v) is 4.96. The molecule has 6 nitrogen and oxygen atoms in total. The van der Waals surface area contributed by atoms with Crippen LogP contribution in [0, 0.1) is 5.92 Å². The van der Waals surface area contributed by atoms with Gasteiger partial charge in [0, 0.05) is 24.0 Å². The van der Waals surface area contributed by atoms with Crippen molar-refractivity contribution in [2.45, 2.75) is 50.9 Å². The smallest absolute Gasteiger partial charge is 0.334 e. The molecular weight excluding hydrogens is 432 g/mol. The Balaban J connectivity index is 1.44. The summed E-state index contributed by atoms with van der Waals surface area (Å²) < 4.78 is 17.0. The van der Waals surface area contributed by atoms with E-state index in [1.54, 1.807) is 6.08 Å². The van der Waals surface area contributed by atoms with Crippen LogP contribution < -0.4 is 0 Å². The van der Waals surface area contributed by atoms with Crippen LogP contribution >= 0.6 is 0 Å². The van der Waals surface area contributed by atoms with Crippen molar-refractivity contribution in [2.75, 3.05) is 0 Å². The first-order valence-corrected chi connectivity index (χ1v) is 11.5. The van der Waals surface area contributed by atoms with Crippen molar-refractivity contribution >= 4 is 28.7 Å². The van der Waals surface area contributed by atoms with Crippen LogP contribution in [0.5, 0.6) is 0 Å². The second-order valence-corrected chi connectivity index (χ2v) is 9.28. The summed E-state index contributed by atoms with van der Waals surface area (Å²) in [6.45, 7) is 7.62. The summed E-state index contributed by atoms with van der Waals surface area (Å²) in [6, 6.07) is 13.9. The van der Waals surface area contributed by atoms with Gasteiger partial charge < -0.3 is 14.2 Å². The minimum atomic E-state index is -0.743. The highest BCUT2D eigenvalue weighted by Crippen LogP contribution is 2.39. The van der Waals surface area contributed by atoms with Gasteiger partial charge in [0.05, 0.1) is 11.8 Å². The van der Waals surface area contributed by atoms with E-state index < -0.39 is 42.0 Å². The highest BCUT2D eigenvalue weighted by Gasteiger charge is 2.46. The van der Waals surface area contributed by atoms with Crippen molar-refractivity contribution in [3.05, 3.63) is 83.5 Å². The van der Waals surface area contributed by atoms with Gasteiger partial charge in [0.2, 0.25) is 0 Å². The molecule has 34 heavy (non-hydrogen) atoms. The summed E-state index contributed by atoms with van der Waals surface area (Å²) in [5.41, 5.74) is 2.46. The molecule has 1 fully saturated rings. The number of ether oxygens (including phenoxy) is 3. The van der Waals surface area contributed by atoms with Gasteiger partial charge in [0.1, 0.15) is 18.3 Å². The molecule has 2 aromatic carbocycles. The van der Waals surface area contributed by atoms with Crippen LogP contribution in [0.25, 0.3) is 10.8 Å². The average molecular weight is 459 g/mol. The summed E-state index contributed by atoms with van der Waals surface area (Å²) in [6.07, 6.45) is 2.54. The van der Waals surface area contributed by atoms with Gasteiger partial charge in [-0.15, -0.1) is 0 Å². The number of carbonyl (C=O) groups excluding carboxylic acids is 3. The number of hydrogen-bond acceptors (Lipinski definition) is 6. The molecule has 2 aliphatic heterocycles. The molecule has 3 aliphatic rings. The van der Waals surface area contributed by atoms with Gasteiger partial charge in [0.15, 0.2) is 0 Å². The van der Waals surface area contributed by atoms with E-state index in [4.69, 9.17) is 14.2 Å². The molecule has 2 heterocycles. The minimum absolute atomic E-state index is 0.200. The summed E-state index contributed by atoms with van der Waals surface area (Å²) in [4.78, 5) is 38.0. The van der Waals surface area contributed by atoms with Crippen LogP contribution in [0.1, 0.15) is 38.2 Å². The lowest BCUT2D eigenvalue weighted by atomic mass is 9.85. The van der Waals surface area contributed by atoms with E-state index in [0.717, 1.165) is 21.9 Å². The molecule has 2 aromatic rings. The van der Waals surface area contributed by atoms with Crippen molar-refractivity contribution in [1.29, 1.82) is 0 Å². The number of fused-ring (bicyclic) bond motifs is 3. The number of carbonyl (C=O) groups is 3. The second kappa shape index (κ2) is 8.60. The normalized spacial score (nSPS) is 28.8. The lowest BCUT2D eigenvalue weighted by molar-refractivity contribution is -0.151. The van der Waals surface area contributed by atoms with Crippen molar-refractivity contribution < 1.29 is 28.6 Å². The third kappa shape index (κ3) is 4.04. The van der Waals surface area contributed by atoms with E-state index in [-0.39, 0.29) is 18.1 Å². The maximum Gasteiger partial charge on any atom is 0.334 e. The van der Waals surface area contributed by atoms with Crippen LogP contribution in [0.15, 0.2) is 77.9 Å². The molecule has 0 radical (unpaired) electrons. The molecule has 2 bridgehead atoms. The fourth-order valence-electron chi connectivity index (χ4n) is 4.96. The Labute approximate surface area is 197 Å². The summed E-state index contributed by atoms with van der Waals surface area (Å²) >= 11 is 0. The molecule has 0 aromatic heterocycles. The Morgan fingerprint density at radius 1 is 1.03 bits per heavy atom. The van der Waals surface area contributed by atoms with Crippen LogP contribution in [0.2, 0.25) is 0 Å². The van der Waals surface area contributed by atoms with E-state index in [2.05, 4.69) is 6.58 Å². The highest BCUT2D eigenvalue weighted by atomic mass is 16.6. The van der Waals surface area contributed by atoms with Crippen molar-refractivity contribution in [1.82, 2.24) is 0 Å². The third-order valence-electron chi connectivity index (χ3n) is 6.86. The van der Waals surface area contributed by atoms with E-state index >= 15 is 0 Å². The number of hydrogen-bond donors (Lipinski definition) is 0. The zero-order valence-electron chi connectivity index (χ0n) is 19.2. The van der Waals surface area contributed by atoms with Gasteiger partial charge in [-0.3, -0.25) is 4.79 Å². The van der Waals surface area contributed by atoms with E-state index in [9.17, 15) is 14.4 Å². The SMILES string of the molecule is C=C1C(=O)OC2CC3=C[C@@H](C/C(C)=C/[C@@H](OC(=O)[C@@H](C)c4ccc5ccccc5c4)[C@H]12)OC3=O. The first-order valence-electron chi connectivity index (χ1n) is 11.5. The van der Waals surface area contributed by atoms with E-state index in [1.165, 1.54) is 0 Å². The van der Waals surface area contributed by atoms with Crippen molar-refractivity contribution in [3.8, 4) is 0 Å². The van der Waals surface area contributed by atoms with Crippen LogP contribution in [0.3, 0.4) is 0 Å². The Bertz CT molecular complexity index is 1270. The predicted octanol–water partition coefficient (Wildman–Crippen LogP) is 4.54. The largest absolute Gasteiger partial charge is 0.458 e. The topological polar surface area (TPSA) is 78.9 Å². The Morgan fingerprint density at radius 3 is 2.59 bits per heavy atom. The monoisotopic (exact) mass is 458 g/mol. The van der Waals surface area contributed by atoms with Gasteiger partial charge in [-0.05, 0) is 42.3 Å². The molecule has 0 N–H and O–H groups in total. The third-order valence-corrected chi connectivity index (χ3v) is 6.86. The van der Waals surface area contributed by atoms with Gasteiger partial charge in [-0.25, -0.2) is 9.59 Å². The van der Waals surface area contributed by atoms with E-state index in [1.807, 2.05) is 62.4 Å². The number of rotatable bonds is 3. The van der Waals surface area contributed by atoms with Crippen LogP contribution in [0.4, 0.5) is 0 Å². The van der Waals surface area contributed by atoms with Crippen LogP contribution in [-0.4, -0.2) is 36.2 Å². The summed E-state index contributed by atoms with van der Waals surface area (Å²) in [5.74, 6) is -2.43. The molecule has 1 aliphatic carbocycles. The highest BCUT2D eigenvalue weighted by molar-refractivity contribution is 5.93. The molecule has 0 amide bonds. The second-order valence-electron chi connectivity index (χ2n) is 9.28. The fraction of sp³-hybridized carbons (Fsp3) is 0.321.